The van der Waals surface area contributed by atoms with Crippen molar-refractivity contribution in [3.63, 3.8) is 0 Å². The van der Waals surface area contributed by atoms with Crippen LogP contribution in [-0.2, 0) is 10.3 Å². The molecule has 0 spiro atoms. The molecule has 2 N–H and O–H groups in total. The second-order valence-corrected chi connectivity index (χ2v) is 6.45. The molecule has 1 heterocycles. The second kappa shape index (κ2) is 6.02. The van der Waals surface area contributed by atoms with Crippen LogP contribution in [0, 0.1) is 5.82 Å². The lowest BCUT2D eigenvalue weighted by Gasteiger charge is -2.44. The van der Waals surface area contributed by atoms with Crippen LogP contribution in [0.25, 0.3) is 0 Å². The normalized spacial score (nSPS) is 21.5. The molecule has 1 aromatic rings. The van der Waals surface area contributed by atoms with Gasteiger partial charge in [0, 0.05) is 12.1 Å². The topological polar surface area (TPSA) is 50.4 Å². The fourth-order valence-corrected chi connectivity index (χ4v) is 2.51. The maximum Gasteiger partial charge on any atom is 0.407 e. The number of halogens is 1. The molecule has 1 aromatic carbocycles. The van der Waals surface area contributed by atoms with Gasteiger partial charge in [0.1, 0.15) is 11.4 Å². The predicted molar refractivity (Wildman–Crippen MR) is 79.6 cm³/mol. The number of benzene rings is 1. The van der Waals surface area contributed by atoms with Crippen molar-refractivity contribution in [1.82, 2.24) is 10.6 Å². The Balaban J connectivity index is 1.90. The smallest absolute Gasteiger partial charge is 0.407 e. The number of carbonyl (C=O) groups excluding carboxylic acids is 1. The molecule has 1 aliphatic heterocycles. The molecule has 1 aliphatic rings. The molecule has 1 atom stereocenters. The molecule has 0 bridgehead atoms. The Kier molecular flexibility index (Phi) is 4.52. The summed E-state index contributed by atoms with van der Waals surface area (Å²) < 4.78 is 18.6. The number of rotatable bonds is 4. The minimum Gasteiger partial charge on any atom is -0.444 e. The summed E-state index contributed by atoms with van der Waals surface area (Å²) in [4.78, 5) is 11.6. The SMILES string of the molecule is CC(C)(C)OC(=O)NCCC1(c2cccc(F)c2)CCN1. The molecule has 0 aliphatic carbocycles. The van der Waals surface area contributed by atoms with Crippen LogP contribution < -0.4 is 10.6 Å². The Morgan fingerprint density at radius 3 is 2.71 bits per heavy atom. The molecule has 1 amide bonds. The first kappa shape index (κ1) is 15.8. The Morgan fingerprint density at radius 1 is 1.48 bits per heavy atom. The molecule has 1 saturated heterocycles. The highest BCUT2D eigenvalue weighted by Gasteiger charge is 2.38. The number of nitrogens with one attached hydrogen (secondary N) is 2. The van der Waals surface area contributed by atoms with E-state index < -0.39 is 11.7 Å². The van der Waals surface area contributed by atoms with Gasteiger partial charge in [-0.2, -0.15) is 0 Å². The summed E-state index contributed by atoms with van der Waals surface area (Å²) in [5, 5.41) is 6.12. The van der Waals surface area contributed by atoms with Gasteiger partial charge in [-0.3, -0.25) is 0 Å². The van der Waals surface area contributed by atoms with E-state index in [1.54, 1.807) is 12.1 Å². The average Bonchev–Trinajstić information content (AvgIpc) is 2.30. The number of carbonyl (C=O) groups is 1. The maximum absolute atomic E-state index is 13.4. The standard InChI is InChI=1S/C16H23FN2O2/c1-15(2,3)21-14(20)18-9-7-16(8-10-19-16)12-5-4-6-13(17)11-12/h4-6,11,19H,7-10H2,1-3H3,(H,18,20). The molecule has 116 valence electrons. The average molecular weight is 294 g/mol. The summed E-state index contributed by atoms with van der Waals surface area (Å²) in [6.45, 7) is 6.87. The third kappa shape index (κ3) is 4.17. The van der Waals surface area contributed by atoms with Gasteiger partial charge in [0.2, 0.25) is 0 Å². The van der Waals surface area contributed by atoms with E-state index >= 15 is 0 Å². The van der Waals surface area contributed by atoms with E-state index in [0.717, 1.165) is 18.5 Å². The van der Waals surface area contributed by atoms with E-state index in [-0.39, 0.29) is 11.4 Å². The Morgan fingerprint density at radius 2 is 2.19 bits per heavy atom. The Hall–Kier alpha value is -1.62. The van der Waals surface area contributed by atoms with Crippen molar-refractivity contribution in [1.29, 1.82) is 0 Å². The van der Waals surface area contributed by atoms with Crippen LogP contribution in [0.4, 0.5) is 9.18 Å². The Labute approximate surface area is 125 Å². The van der Waals surface area contributed by atoms with Crippen LogP contribution >= 0.6 is 0 Å². The summed E-state index contributed by atoms with van der Waals surface area (Å²) in [5.41, 5.74) is 0.190. The van der Waals surface area contributed by atoms with Gasteiger partial charge in [-0.05, 0) is 57.9 Å². The first-order chi connectivity index (χ1) is 9.81. The van der Waals surface area contributed by atoms with Crippen molar-refractivity contribution >= 4 is 6.09 Å². The van der Waals surface area contributed by atoms with Crippen molar-refractivity contribution < 1.29 is 13.9 Å². The molecule has 5 heteroatoms. The zero-order valence-corrected chi connectivity index (χ0v) is 12.8. The van der Waals surface area contributed by atoms with Crippen LogP contribution in [-0.4, -0.2) is 24.8 Å². The number of hydrogen-bond donors (Lipinski definition) is 2. The van der Waals surface area contributed by atoms with Crippen molar-refractivity contribution in [2.24, 2.45) is 0 Å². The van der Waals surface area contributed by atoms with Crippen LogP contribution in [0.1, 0.15) is 39.2 Å². The minimum absolute atomic E-state index is 0.235. The van der Waals surface area contributed by atoms with Crippen molar-refractivity contribution in [3.8, 4) is 0 Å². The number of alkyl carbamates (subject to hydrolysis) is 1. The molecular formula is C16H23FN2O2. The van der Waals surface area contributed by atoms with Gasteiger partial charge < -0.3 is 15.4 Å². The monoisotopic (exact) mass is 294 g/mol. The van der Waals surface area contributed by atoms with E-state index in [9.17, 15) is 9.18 Å². The highest BCUT2D eigenvalue weighted by atomic mass is 19.1. The fraction of sp³-hybridized carbons (Fsp3) is 0.562. The third-order valence-electron chi connectivity index (χ3n) is 3.61. The number of ether oxygens (including phenoxy) is 1. The molecular weight excluding hydrogens is 271 g/mol. The summed E-state index contributed by atoms with van der Waals surface area (Å²) in [7, 11) is 0. The quantitative estimate of drug-likeness (QED) is 0.897. The van der Waals surface area contributed by atoms with Crippen molar-refractivity contribution in [2.75, 3.05) is 13.1 Å². The molecule has 1 unspecified atom stereocenters. The Bertz CT molecular complexity index is 507. The zero-order chi connectivity index (χ0) is 15.5. The van der Waals surface area contributed by atoms with E-state index in [1.165, 1.54) is 6.07 Å². The first-order valence-electron chi connectivity index (χ1n) is 7.29. The van der Waals surface area contributed by atoms with Gasteiger partial charge >= 0.3 is 6.09 Å². The van der Waals surface area contributed by atoms with E-state index in [0.29, 0.717) is 13.0 Å². The molecule has 4 nitrogen and oxygen atoms in total. The van der Waals surface area contributed by atoms with E-state index in [4.69, 9.17) is 4.74 Å². The van der Waals surface area contributed by atoms with Gasteiger partial charge in [-0.15, -0.1) is 0 Å². The summed E-state index contributed by atoms with van der Waals surface area (Å²) in [5.74, 6) is -0.235. The van der Waals surface area contributed by atoms with Gasteiger partial charge in [0.05, 0.1) is 0 Å². The van der Waals surface area contributed by atoms with Crippen molar-refractivity contribution in [2.45, 2.75) is 44.8 Å². The maximum atomic E-state index is 13.4. The van der Waals surface area contributed by atoms with Gasteiger partial charge in [0.25, 0.3) is 0 Å². The lowest BCUT2D eigenvalue weighted by atomic mass is 9.78. The largest absolute Gasteiger partial charge is 0.444 e. The first-order valence-corrected chi connectivity index (χ1v) is 7.29. The lowest BCUT2D eigenvalue weighted by Crippen LogP contribution is -2.55. The van der Waals surface area contributed by atoms with E-state index in [1.807, 2.05) is 26.8 Å². The highest BCUT2D eigenvalue weighted by Crippen LogP contribution is 2.34. The number of amides is 1. The van der Waals surface area contributed by atoms with Gasteiger partial charge in [-0.1, -0.05) is 12.1 Å². The minimum atomic E-state index is -0.501. The van der Waals surface area contributed by atoms with Crippen LogP contribution in [0.2, 0.25) is 0 Å². The van der Waals surface area contributed by atoms with Gasteiger partial charge in [0.15, 0.2) is 0 Å². The predicted octanol–water partition coefficient (Wildman–Crippen LogP) is 2.93. The van der Waals surface area contributed by atoms with E-state index in [2.05, 4.69) is 10.6 Å². The molecule has 0 radical (unpaired) electrons. The summed E-state index contributed by atoms with van der Waals surface area (Å²) in [6.07, 6.45) is 1.22. The highest BCUT2D eigenvalue weighted by molar-refractivity contribution is 5.67. The molecule has 2 rings (SSSR count). The van der Waals surface area contributed by atoms with Crippen LogP contribution in [0.5, 0.6) is 0 Å². The van der Waals surface area contributed by atoms with Crippen LogP contribution in [0.3, 0.4) is 0 Å². The molecule has 0 saturated carbocycles. The molecule has 21 heavy (non-hydrogen) atoms. The zero-order valence-electron chi connectivity index (χ0n) is 12.8. The number of hydrogen-bond acceptors (Lipinski definition) is 3. The second-order valence-electron chi connectivity index (χ2n) is 6.45. The van der Waals surface area contributed by atoms with Crippen molar-refractivity contribution in [3.05, 3.63) is 35.6 Å². The fourth-order valence-electron chi connectivity index (χ4n) is 2.51. The summed E-state index contributed by atoms with van der Waals surface area (Å²) in [6, 6.07) is 6.63. The summed E-state index contributed by atoms with van der Waals surface area (Å²) >= 11 is 0. The van der Waals surface area contributed by atoms with Crippen LogP contribution in [0.15, 0.2) is 24.3 Å². The molecule has 0 aromatic heterocycles. The van der Waals surface area contributed by atoms with Gasteiger partial charge in [-0.25, -0.2) is 9.18 Å². The lowest BCUT2D eigenvalue weighted by molar-refractivity contribution is 0.0517. The third-order valence-corrected chi connectivity index (χ3v) is 3.61. The molecule has 1 fully saturated rings.